The van der Waals surface area contributed by atoms with Crippen LogP contribution in [-0.4, -0.2) is 55.0 Å². The molecule has 1 aromatic heterocycles. The van der Waals surface area contributed by atoms with Crippen LogP contribution in [0.4, 0.5) is 15.8 Å². The summed E-state index contributed by atoms with van der Waals surface area (Å²) in [4.78, 5) is 6.64. The number of aromatic nitrogens is 1. The average Bonchev–Trinajstić information content (AvgIpc) is 2.86. The van der Waals surface area contributed by atoms with Gasteiger partial charge in [0, 0.05) is 67.8 Å². The van der Waals surface area contributed by atoms with Crippen LogP contribution in [0.5, 0.6) is 0 Å². The average molecular weight is 524 g/mol. The van der Waals surface area contributed by atoms with Gasteiger partial charge in [-0.3, -0.25) is 9.88 Å². The van der Waals surface area contributed by atoms with E-state index in [1.54, 1.807) is 35.6 Å². The Morgan fingerprint density at radius 2 is 1.86 bits per heavy atom. The number of nitrogens with zero attached hydrogens (tertiary/aromatic N) is 3. The first-order valence-corrected chi connectivity index (χ1v) is 13.9. The molecule has 196 valence electrons. The Morgan fingerprint density at radius 1 is 1.14 bits per heavy atom. The molecule has 0 radical (unpaired) electrons. The largest absolute Gasteiger partial charge is 0.355 e. The molecular formula is C28H34FN5O2S. The van der Waals surface area contributed by atoms with E-state index in [-0.39, 0.29) is 16.8 Å². The molecule has 0 amide bonds. The number of piperazine rings is 1. The molecule has 2 aromatic carbocycles. The summed E-state index contributed by atoms with van der Waals surface area (Å²) >= 11 is 0. The second-order valence-corrected chi connectivity index (χ2v) is 11.9. The minimum absolute atomic E-state index is 0.165. The van der Waals surface area contributed by atoms with Crippen molar-refractivity contribution in [2.45, 2.75) is 38.6 Å². The van der Waals surface area contributed by atoms with Gasteiger partial charge in [-0.05, 0) is 78.9 Å². The Kier molecular flexibility index (Phi) is 8.06. The lowest BCUT2D eigenvalue weighted by atomic mass is 9.94. The van der Waals surface area contributed by atoms with Gasteiger partial charge in [-0.25, -0.2) is 12.8 Å². The first-order valence-electron chi connectivity index (χ1n) is 12.4. The Morgan fingerprint density at radius 3 is 2.51 bits per heavy atom. The number of hydrogen-bond donors (Lipinski definition) is 2. The second kappa shape index (κ2) is 11.1. The van der Waals surface area contributed by atoms with E-state index in [0.717, 1.165) is 29.0 Å². The van der Waals surface area contributed by atoms with Crippen molar-refractivity contribution in [2.24, 2.45) is 5.92 Å². The van der Waals surface area contributed by atoms with Gasteiger partial charge in [-0.1, -0.05) is 13.8 Å². The van der Waals surface area contributed by atoms with Gasteiger partial charge in [0.15, 0.2) is 0 Å². The van der Waals surface area contributed by atoms with Crippen LogP contribution in [0.15, 0.2) is 59.8 Å². The molecule has 0 unspecified atom stereocenters. The van der Waals surface area contributed by atoms with Crippen LogP contribution in [0.2, 0.25) is 0 Å². The fourth-order valence-corrected chi connectivity index (χ4v) is 6.48. The third kappa shape index (κ3) is 5.89. The number of nitrogens with one attached hydrogen (secondary N) is 2. The van der Waals surface area contributed by atoms with Gasteiger partial charge in [-0.15, -0.1) is 0 Å². The molecular weight excluding hydrogens is 489 g/mol. The van der Waals surface area contributed by atoms with Crippen LogP contribution in [0.3, 0.4) is 0 Å². The van der Waals surface area contributed by atoms with Crippen molar-refractivity contribution in [2.75, 3.05) is 31.5 Å². The molecule has 1 atom stereocenters. The van der Waals surface area contributed by atoms with E-state index in [0.29, 0.717) is 36.7 Å². The smallest absolute Gasteiger partial charge is 0.244 e. The number of benzene rings is 2. The highest BCUT2D eigenvalue weighted by molar-refractivity contribution is 7.89. The first kappa shape index (κ1) is 26.9. The summed E-state index contributed by atoms with van der Waals surface area (Å²) in [5.41, 5.74) is 4.80. The fourth-order valence-electron chi connectivity index (χ4n) is 4.87. The number of rotatable bonds is 8. The zero-order valence-corrected chi connectivity index (χ0v) is 22.5. The van der Waals surface area contributed by atoms with Crippen LogP contribution in [0, 0.1) is 31.0 Å². The van der Waals surface area contributed by atoms with Crippen LogP contribution >= 0.6 is 0 Å². The van der Waals surface area contributed by atoms with Crippen molar-refractivity contribution < 1.29 is 12.8 Å². The Bertz CT molecular complexity index is 1380. The zero-order chi connectivity index (χ0) is 26.7. The number of halogens is 1. The number of sulfonamides is 1. The standard InChI is InChI=1S/C28H34FN5O2S/c1-19(2)17-33-11-12-34(37(35,36)28-16-31-10-9-20(28)3)18-27(33)25-14-22(15-30)26(13-21(25)4)32-24-7-5-23(29)6-8-24/h5-10,13-16,19,27,30,32H,11-12,17-18H2,1-4H3/t27-/m0/s1. The van der Waals surface area contributed by atoms with E-state index in [4.69, 9.17) is 5.41 Å². The molecule has 0 saturated carbocycles. The monoisotopic (exact) mass is 523 g/mol. The van der Waals surface area contributed by atoms with E-state index in [1.807, 2.05) is 19.1 Å². The molecule has 2 heterocycles. The van der Waals surface area contributed by atoms with Crippen LogP contribution in [0.1, 0.15) is 42.1 Å². The summed E-state index contributed by atoms with van der Waals surface area (Å²) < 4.78 is 42.1. The molecule has 1 saturated heterocycles. The molecule has 0 aliphatic carbocycles. The summed E-state index contributed by atoms with van der Waals surface area (Å²) in [5, 5.41) is 11.3. The van der Waals surface area contributed by atoms with Crippen molar-refractivity contribution >= 4 is 27.6 Å². The molecule has 1 aliphatic rings. The minimum atomic E-state index is -3.71. The molecule has 0 spiro atoms. The number of hydrogen-bond acceptors (Lipinski definition) is 6. The van der Waals surface area contributed by atoms with Crippen LogP contribution < -0.4 is 5.32 Å². The predicted octanol–water partition coefficient (Wildman–Crippen LogP) is 5.28. The van der Waals surface area contributed by atoms with E-state index in [1.165, 1.54) is 24.5 Å². The van der Waals surface area contributed by atoms with E-state index in [2.05, 4.69) is 29.0 Å². The highest BCUT2D eigenvalue weighted by Crippen LogP contribution is 2.34. The maximum atomic E-state index is 13.6. The molecule has 37 heavy (non-hydrogen) atoms. The van der Waals surface area contributed by atoms with Crippen molar-refractivity contribution in [3.63, 3.8) is 0 Å². The molecule has 1 aliphatic heterocycles. The van der Waals surface area contributed by atoms with Crippen LogP contribution in [0.25, 0.3) is 0 Å². The van der Waals surface area contributed by atoms with Gasteiger partial charge in [0.25, 0.3) is 0 Å². The molecule has 4 rings (SSSR count). The van der Waals surface area contributed by atoms with Gasteiger partial charge in [0.05, 0.1) is 0 Å². The minimum Gasteiger partial charge on any atom is -0.355 e. The summed E-state index contributed by atoms with van der Waals surface area (Å²) in [5.74, 6) is 0.0982. The Hall–Kier alpha value is -3.14. The molecule has 1 fully saturated rings. The zero-order valence-electron chi connectivity index (χ0n) is 21.7. The lowest BCUT2D eigenvalue weighted by Gasteiger charge is -2.42. The van der Waals surface area contributed by atoms with Gasteiger partial charge >= 0.3 is 0 Å². The molecule has 0 bridgehead atoms. The number of pyridine rings is 1. The van der Waals surface area contributed by atoms with Crippen molar-refractivity contribution in [3.05, 3.63) is 82.9 Å². The summed E-state index contributed by atoms with van der Waals surface area (Å²) in [6.45, 7) is 10.3. The topological polar surface area (TPSA) is 89.4 Å². The Labute approximate surface area is 218 Å². The Balaban J connectivity index is 1.70. The maximum absolute atomic E-state index is 13.6. The van der Waals surface area contributed by atoms with Gasteiger partial charge in [0.2, 0.25) is 10.0 Å². The third-order valence-electron chi connectivity index (χ3n) is 6.74. The third-order valence-corrected chi connectivity index (χ3v) is 8.73. The highest BCUT2D eigenvalue weighted by Gasteiger charge is 2.36. The number of anilines is 2. The lowest BCUT2D eigenvalue weighted by molar-refractivity contribution is 0.105. The molecule has 3 aromatic rings. The van der Waals surface area contributed by atoms with Crippen LogP contribution in [-0.2, 0) is 10.0 Å². The first-order chi connectivity index (χ1) is 17.6. The normalized spacial score (nSPS) is 17.2. The quantitative estimate of drug-likeness (QED) is 0.392. The predicted molar refractivity (Wildman–Crippen MR) is 146 cm³/mol. The maximum Gasteiger partial charge on any atom is 0.244 e. The molecule has 2 N–H and O–H groups in total. The van der Waals surface area contributed by atoms with Gasteiger partial charge in [-0.2, -0.15) is 4.31 Å². The van der Waals surface area contributed by atoms with E-state index >= 15 is 0 Å². The molecule has 9 heteroatoms. The summed E-state index contributed by atoms with van der Waals surface area (Å²) in [7, 11) is -3.71. The van der Waals surface area contributed by atoms with E-state index in [9.17, 15) is 12.8 Å². The SMILES string of the molecule is Cc1cc(Nc2ccc(F)cc2)c(C=N)cc1[C@@H]1CN(S(=O)(=O)c2cnccc2C)CCN1CC(C)C. The van der Waals surface area contributed by atoms with Crippen molar-refractivity contribution in [1.82, 2.24) is 14.2 Å². The van der Waals surface area contributed by atoms with Gasteiger partial charge < -0.3 is 10.7 Å². The fraction of sp³-hybridized carbons (Fsp3) is 0.357. The molecule has 7 nitrogen and oxygen atoms in total. The summed E-state index contributed by atoms with van der Waals surface area (Å²) in [6, 6.07) is 11.6. The second-order valence-electron chi connectivity index (χ2n) is 9.98. The van der Waals surface area contributed by atoms with E-state index < -0.39 is 10.0 Å². The van der Waals surface area contributed by atoms with Gasteiger partial charge in [0.1, 0.15) is 10.7 Å². The number of aryl methyl sites for hydroxylation is 2. The van der Waals surface area contributed by atoms with Crippen molar-refractivity contribution in [1.29, 1.82) is 5.41 Å². The highest BCUT2D eigenvalue weighted by atomic mass is 32.2. The van der Waals surface area contributed by atoms with Crippen molar-refractivity contribution in [3.8, 4) is 0 Å². The summed E-state index contributed by atoms with van der Waals surface area (Å²) in [6.07, 6.45) is 4.31. The lowest BCUT2D eigenvalue weighted by Crippen LogP contribution is -2.51.